The number of hydrogen-bond acceptors (Lipinski definition) is 3. The Kier molecular flexibility index (Phi) is 5.53. The van der Waals surface area contributed by atoms with Crippen LogP contribution in [0.2, 0.25) is 0 Å². The summed E-state index contributed by atoms with van der Waals surface area (Å²) >= 11 is 5.44. The topological polar surface area (TPSA) is 55.4 Å². The van der Waals surface area contributed by atoms with Crippen molar-refractivity contribution in [3.8, 4) is 0 Å². The van der Waals surface area contributed by atoms with Crippen LogP contribution < -0.4 is 5.32 Å². The van der Waals surface area contributed by atoms with Gasteiger partial charge in [-0.1, -0.05) is 0 Å². The van der Waals surface area contributed by atoms with Gasteiger partial charge in [-0.25, -0.2) is 4.79 Å². The molecule has 0 saturated heterocycles. The zero-order valence-corrected chi connectivity index (χ0v) is 9.48. The Balaban J connectivity index is 4.08. The van der Waals surface area contributed by atoms with Crippen molar-refractivity contribution in [3.05, 3.63) is 0 Å². The van der Waals surface area contributed by atoms with E-state index in [1.807, 2.05) is 0 Å². The molecule has 0 aliphatic rings. The average molecular weight is 222 g/mol. The summed E-state index contributed by atoms with van der Waals surface area (Å²) in [6, 6.07) is 0. The van der Waals surface area contributed by atoms with Gasteiger partial charge in [-0.05, 0) is 20.3 Å². The first-order valence-electron chi connectivity index (χ1n) is 4.39. The third-order valence-corrected chi connectivity index (χ3v) is 1.95. The first kappa shape index (κ1) is 13.2. The van der Waals surface area contributed by atoms with Crippen LogP contribution in [0.25, 0.3) is 0 Å². The van der Waals surface area contributed by atoms with Gasteiger partial charge in [-0.15, -0.1) is 11.6 Å². The number of hydrogen-bond donors (Lipinski definition) is 1. The highest BCUT2D eigenvalue weighted by Crippen LogP contribution is 2.05. The summed E-state index contributed by atoms with van der Waals surface area (Å²) in [7, 11) is 1.29. The number of halogens is 1. The van der Waals surface area contributed by atoms with Crippen LogP contribution in [0.3, 0.4) is 0 Å². The maximum atomic E-state index is 11.3. The molecule has 0 aliphatic carbocycles. The Morgan fingerprint density at radius 2 is 2.00 bits per heavy atom. The van der Waals surface area contributed by atoms with E-state index in [-0.39, 0.29) is 5.91 Å². The van der Waals surface area contributed by atoms with Crippen molar-refractivity contribution >= 4 is 23.5 Å². The van der Waals surface area contributed by atoms with Crippen LogP contribution in [-0.2, 0) is 14.3 Å². The standard InChI is InChI=1S/C9H16ClNO3/c1-9(2,8(13)14-3)11-7(12)5-4-6-10/h4-6H2,1-3H3,(H,11,12). The molecule has 0 bridgehead atoms. The second-order valence-electron chi connectivity index (χ2n) is 3.46. The smallest absolute Gasteiger partial charge is 0.330 e. The van der Waals surface area contributed by atoms with Crippen molar-refractivity contribution < 1.29 is 14.3 Å². The molecular weight excluding hydrogens is 206 g/mol. The van der Waals surface area contributed by atoms with Crippen LogP contribution in [0, 0.1) is 0 Å². The third kappa shape index (κ3) is 4.46. The van der Waals surface area contributed by atoms with Gasteiger partial charge in [-0.2, -0.15) is 0 Å². The second-order valence-corrected chi connectivity index (χ2v) is 3.84. The van der Waals surface area contributed by atoms with Crippen LogP contribution >= 0.6 is 11.6 Å². The number of alkyl halides is 1. The monoisotopic (exact) mass is 221 g/mol. The van der Waals surface area contributed by atoms with Gasteiger partial charge in [0.15, 0.2) is 0 Å². The molecule has 0 rings (SSSR count). The third-order valence-electron chi connectivity index (χ3n) is 1.69. The molecule has 14 heavy (non-hydrogen) atoms. The molecule has 0 unspecified atom stereocenters. The summed E-state index contributed by atoms with van der Waals surface area (Å²) in [4.78, 5) is 22.4. The molecule has 0 fully saturated rings. The number of esters is 1. The van der Waals surface area contributed by atoms with Crippen LogP contribution in [0.1, 0.15) is 26.7 Å². The fourth-order valence-corrected chi connectivity index (χ4v) is 1.08. The predicted octanol–water partition coefficient (Wildman–Crippen LogP) is 1.07. The van der Waals surface area contributed by atoms with Crippen molar-refractivity contribution in [2.75, 3.05) is 13.0 Å². The van der Waals surface area contributed by atoms with Crippen molar-refractivity contribution in [1.82, 2.24) is 5.32 Å². The van der Waals surface area contributed by atoms with Crippen LogP contribution in [-0.4, -0.2) is 30.4 Å². The summed E-state index contributed by atoms with van der Waals surface area (Å²) in [5, 5.41) is 2.57. The lowest BCUT2D eigenvalue weighted by Gasteiger charge is -2.22. The van der Waals surface area contributed by atoms with Crippen molar-refractivity contribution in [2.45, 2.75) is 32.2 Å². The van der Waals surface area contributed by atoms with Crippen LogP contribution in [0.4, 0.5) is 0 Å². The molecule has 1 N–H and O–H groups in total. The molecule has 5 heteroatoms. The largest absolute Gasteiger partial charge is 0.467 e. The highest BCUT2D eigenvalue weighted by Gasteiger charge is 2.29. The van der Waals surface area contributed by atoms with Gasteiger partial charge in [0.1, 0.15) is 5.54 Å². The van der Waals surface area contributed by atoms with Gasteiger partial charge in [-0.3, -0.25) is 4.79 Å². The molecule has 0 radical (unpaired) electrons. The number of ether oxygens (including phenoxy) is 1. The van der Waals surface area contributed by atoms with E-state index >= 15 is 0 Å². The van der Waals surface area contributed by atoms with Gasteiger partial charge in [0.05, 0.1) is 7.11 Å². The minimum absolute atomic E-state index is 0.193. The quantitative estimate of drug-likeness (QED) is 0.558. The molecule has 4 nitrogen and oxygen atoms in total. The van der Waals surface area contributed by atoms with Crippen LogP contribution in [0.5, 0.6) is 0 Å². The van der Waals surface area contributed by atoms with E-state index in [2.05, 4.69) is 10.1 Å². The maximum absolute atomic E-state index is 11.3. The summed E-state index contributed by atoms with van der Waals surface area (Å²) in [5.74, 6) is -0.218. The van der Waals surface area contributed by atoms with Crippen molar-refractivity contribution in [3.63, 3.8) is 0 Å². The van der Waals surface area contributed by atoms with Gasteiger partial charge in [0.2, 0.25) is 5.91 Å². The number of carbonyl (C=O) groups is 2. The molecule has 0 aromatic rings. The first-order valence-corrected chi connectivity index (χ1v) is 4.93. The van der Waals surface area contributed by atoms with Gasteiger partial charge in [0.25, 0.3) is 0 Å². The van der Waals surface area contributed by atoms with Gasteiger partial charge in [0, 0.05) is 12.3 Å². The number of nitrogens with one attached hydrogen (secondary N) is 1. The highest BCUT2D eigenvalue weighted by molar-refractivity contribution is 6.17. The number of carbonyl (C=O) groups excluding carboxylic acids is 2. The Bertz CT molecular complexity index is 216. The Labute approximate surface area is 88.9 Å². The molecule has 0 atom stereocenters. The predicted molar refractivity (Wildman–Crippen MR) is 54.2 cm³/mol. The zero-order valence-electron chi connectivity index (χ0n) is 8.72. The number of amides is 1. The molecule has 0 aliphatic heterocycles. The summed E-state index contributed by atoms with van der Waals surface area (Å²) in [6.07, 6.45) is 0.925. The fourth-order valence-electron chi connectivity index (χ4n) is 0.945. The minimum atomic E-state index is -0.974. The molecule has 0 saturated carbocycles. The fraction of sp³-hybridized carbons (Fsp3) is 0.778. The molecule has 1 amide bonds. The number of rotatable bonds is 5. The van der Waals surface area contributed by atoms with Gasteiger partial charge < -0.3 is 10.1 Å². The molecule has 0 aromatic heterocycles. The maximum Gasteiger partial charge on any atom is 0.330 e. The van der Waals surface area contributed by atoms with E-state index in [4.69, 9.17) is 11.6 Å². The van der Waals surface area contributed by atoms with E-state index in [0.29, 0.717) is 18.7 Å². The van der Waals surface area contributed by atoms with Gasteiger partial charge >= 0.3 is 5.97 Å². The summed E-state index contributed by atoms with van der Waals surface area (Å²) in [6.45, 7) is 3.19. The zero-order chi connectivity index (χ0) is 11.2. The Morgan fingerprint density at radius 1 is 1.43 bits per heavy atom. The van der Waals surface area contributed by atoms with E-state index < -0.39 is 11.5 Å². The molecule has 82 valence electrons. The average Bonchev–Trinajstić information content (AvgIpc) is 2.12. The number of methoxy groups -OCH3 is 1. The van der Waals surface area contributed by atoms with E-state index in [9.17, 15) is 9.59 Å². The Hall–Kier alpha value is -0.770. The lowest BCUT2D eigenvalue weighted by molar-refractivity contribution is -0.149. The normalized spacial score (nSPS) is 10.9. The molecular formula is C9H16ClNO3. The van der Waals surface area contributed by atoms with E-state index in [1.54, 1.807) is 13.8 Å². The molecule has 0 heterocycles. The molecule has 0 spiro atoms. The summed E-state index contributed by atoms with van der Waals surface area (Å²) in [5.41, 5.74) is -0.974. The van der Waals surface area contributed by atoms with Crippen LogP contribution in [0.15, 0.2) is 0 Å². The van der Waals surface area contributed by atoms with E-state index in [1.165, 1.54) is 7.11 Å². The van der Waals surface area contributed by atoms with Crippen molar-refractivity contribution in [1.29, 1.82) is 0 Å². The minimum Gasteiger partial charge on any atom is -0.467 e. The lowest BCUT2D eigenvalue weighted by Crippen LogP contribution is -2.50. The lowest BCUT2D eigenvalue weighted by atomic mass is 10.1. The summed E-state index contributed by atoms with van der Waals surface area (Å²) < 4.78 is 4.54. The van der Waals surface area contributed by atoms with E-state index in [0.717, 1.165) is 0 Å². The first-order chi connectivity index (χ1) is 6.44. The molecule has 0 aromatic carbocycles. The second kappa shape index (κ2) is 5.86. The highest BCUT2D eigenvalue weighted by atomic mass is 35.5. The SMILES string of the molecule is COC(=O)C(C)(C)NC(=O)CCCCl. The van der Waals surface area contributed by atoms with Crippen molar-refractivity contribution in [2.24, 2.45) is 0 Å². The Morgan fingerprint density at radius 3 is 2.43 bits per heavy atom.